The minimum atomic E-state index is -4.00. The number of carbonyl (C=O) groups is 1. The lowest BCUT2D eigenvalue weighted by atomic mass is 10.2. The fraction of sp³-hybridized carbons (Fsp3) is 0.0909. The van der Waals surface area contributed by atoms with E-state index in [0.717, 1.165) is 0 Å². The fourth-order valence-corrected chi connectivity index (χ4v) is 3.48. The van der Waals surface area contributed by atoms with Crippen LogP contribution in [-0.2, 0) is 10.1 Å². The average Bonchev–Trinajstić information content (AvgIpc) is 2.76. The van der Waals surface area contributed by atoms with E-state index in [0.29, 0.717) is 17.7 Å². The highest BCUT2D eigenvalue weighted by atomic mass is 32.2. The molecule has 0 atom stereocenters. The van der Waals surface area contributed by atoms with Gasteiger partial charge in [0.1, 0.15) is 4.90 Å². The average molecular weight is 424 g/mol. The molecule has 3 aromatic carbocycles. The summed E-state index contributed by atoms with van der Waals surface area (Å²) in [5.74, 6) is -0.0349. The van der Waals surface area contributed by atoms with Crippen LogP contribution in [0.3, 0.4) is 0 Å². The first-order chi connectivity index (χ1) is 14.5. The first-order valence-corrected chi connectivity index (χ1v) is 10.6. The Morgan fingerprint density at radius 1 is 0.967 bits per heavy atom. The Morgan fingerprint density at radius 2 is 1.63 bits per heavy atom. The monoisotopic (exact) mass is 424 g/mol. The molecular weight excluding hydrogens is 404 g/mol. The van der Waals surface area contributed by atoms with Crippen molar-refractivity contribution in [2.24, 2.45) is 5.10 Å². The van der Waals surface area contributed by atoms with Gasteiger partial charge in [-0.1, -0.05) is 36.4 Å². The summed E-state index contributed by atoms with van der Waals surface area (Å²) in [6, 6.07) is 21.2. The summed E-state index contributed by atoms with van der Waals surface area (Å²) in [5.41, 5.74) is 3.52. The summed E-state index contributed by atoms with van der Waals surface area (Å²) in [6.45, 7) is 2.09. The van der Waals surface area contributed by atoms with Gasteiger partial charge >= 0.3 is 10.1 Å². The largest absolute Gasteiger partial charge is 0.490 e. The zero-order valence-electron chi connectivity index (χ0n) is 16.2. The first kappa shape index (κ1) is 21.1. The Hall–Kier alpha value is -3.65. The molecule has 0 saturated carbocycles. The van der Waals surface area contributed by atoms with Crippen LogP contribution < -0.4 is 14.3 Å². The zero-order valence-corrected chi connectivity index (χ0v) is 17.0. The van der Waals surface area contributed by atoms with Crippen LogP contribution in [0.5, 0.6) is 11.5 Å². The number of benzene rings is 3. The normalized spacial score (nSPS) is 11.2. The van der Waals surface area contributed by atoms with Crippen LogP contribution >= 0.6 is 0 Å². The van der Waals surface area contributed by atoms with E-state index in [2.05, 4.69) is 10.5 Å². The highest BCUT2D eigenvalue weighted by Gasteiger charge is 2.19. The maximum Gasteiger partial charge on any atom is 0.339 e. The Balaban J connectivity index is 1.75. The van der Waals surface area contributed by atoms with Crippen molar-refractivity contribution < 1.29 is 22.1 Å². The molecule has 0 aromatic heterocycles. The second kappa shape index (κ2) is 9.71. The van der Waals surface area contributed by atoms with E-state index >= 15 is 0 Å². The molecule has 8 heteroatoms. The summed E-state index contributed by atoms with van der Waals surface area (Å²) in [5, 5.41) is 3.93. The second-order valence-corrected chi connectivity index (χ2v) is 7.60. The topological polar surface area (TPSA) is 94.1 Å². The molecule has 154 valence electrons. The molecule has 0 saturated heterocycles. The molecule has 0 aliphatic rings. The van der Waals surface area contributed by atoms with Crippen LogP contribution in [0, 0.1) is 0 Å². The molecule has 30 heavy (non-hydrogen) atoms. The van der Waals surface area contributed by atoms with Crippen LogP contribution in [0.2, 0.25) is 0 Å². The molecule has 0 aliphatic carbocycles. The highest BCUT2D eigenvalue weighted by molar-refractivity contribution is 7.87. The SMILES string of the molecule is CCOc1cc(C=NNC(=O)c2ccccc2)ccc1OS(=O)(=O)c1ccccc1. The van der Waals surface area contributed by atoms with Gasteiger partial charge in [0, 0.05) is 5.56 Å². The molecule has 7 nitrogen and oxygen atoms in total. The van der Waals surface area contributed by atoms with Gasteiger partial charge in [-0.05, 0) is 55.0 Å². The number of rotatable bonds is 8. The summed E-state index contributed by atoms with van der Waals surface area (Å²) >= 11 is 0. The fourth-order valence-electron chi connectivity index (χ4n) is 2.52. The molecule has 0 unspecified atom stereocenters. The van der Waals surface area contributed by atoms with Gasteiger partial charge < -0.3 is 8.92 Å². The smallest absolute Gasteiger partial charge is 0.339 e. The minimum absolute atomic E-state index is 0.0433. The number of amides is 1. The van der Waals surface area contributed by atoms with Gasteiger partial charge in [-0.15, -0.1) is 0 Å². The number of carbonyl (C=O) groups excluding carboxylic acids is 1. The molecule has 1 amide bonds. The van der Waals surface area contributed by atoms with Crippen LogP contribution in [0.1, 0.15) is 22.8 Å². The Morgan fingerprint density at radius 3 is 2.30 bits per heavy atom. The lowest BCUT2D eigenvalue weighted by Gasteiger charge is -2.12. The summed E-state index contributed by atoms with van der Waals surface area (Å²) in [4.78, 5) is 12.1. The Kier molecular flexibility index (Phi) is 6.82. The quantitative estimate of drug-likeness (QED) is 0.339. The summed E-state index contributed by atoms with van der Waals surface area (Å²) in [6.07, 6.45) is 1.43. The molecule has 0 fully saturated rings. The maximum atomic E-state index is 12.5. The molecule has 0 heterocycles. The van der Waals surface area contributed by atoms with Crippen molar-refractivity contribution in [3.8, 4) is 11.5 Å². The molecule has 1 N–H and O–H groups in total. The van der Waals surface area contributed by atoms with Gasteiger partial charge in [0.05, 0.1) is 12.8 Å². The third-order valence-corrected chi connectivity index (χ3v) is 5.16. The van der Waals surface area contributed by atoms with Crippen LogP contribution in [0.15, 0.2) is 88.9 Å². The molecule has 0 bridgehead atoms. The lowest BCUT2D eigenvalue weighted by molar-refractivity contribution is 0.0955. The van der Waals surface area contributed by atoms with Crippen molar-refractivity contribution in [3.63, 3.8) is 0 Å². The van der Waals surface area contributed by atoms with Crippen molar-refractivity contribution in [1.29, 1.82) is 0 Å². The van der Waals surface area contributed by atoms with Crippen LogP contribution in [-0.4, -0.2) is 27.1 Å². The highest BCUT2D eigenvalue weighted by Crippen LogP contribution is 2.30. The first-order valence-electron chi connectivity index (χ1n) is 9.14. The van der Waals surface area contributed by atoms with E-state index in [9.17, 15) is 13.2 Å². The van der Waals surface area contributed by atoms with Crippen molar-refractivity contribution in [1.82, 2.24) is 5.43 Å². The minimum Gasteiger partial charge on any atom is -0.490 e. The van der Waals surface area contributed by atoms with Crippen molar-refractivity contribution in [3.05, 3.63) is 90.0 Å². The number of hydrazone groups is 1. The molecule has 0 aliphatic heterocycles. The molecular formula is C22H20N2O5S. The summed E-state index contributed by atoms with van der Waals surface area (Å²) < 4.78 is 35.7. The van der Waals surface area contributed by atoms with E-state index in [1.165, 1.54) is 24.4 Å². The Bertz CT molecular complexity index is 1130. The number of ether oxygens (including phenoxy) is 1. The maximum absolute atomic E-state index is 12.5. The molecule has 3 rings (SSSR count). The summed E-state index contributed by atoms with van der Waals surface area (Å²) in [7, 11) is -4.00. The lowest BCUT2D eigenvalue weighted by Crippen LogP contribution is -2.17. The zero-order chi connectivity index (χ0) is 21.4. The van der Waals surface area contributed by atoms with Crippen LogP contribution in [0.25, 0.3) is 0 Å². The Labute approximate surface area is 175 Å². The van der Waals surface area contributed by atoms with Gasteiger partial charge in [0.15, 0.2) is 11.5 Å². The van der Waals surface area contributed by atoms with Gasteiger partial charge in [-0.2, -0.15) is 13.5 Å². The third kappa shape index (κ3) is 5.45. The number of hydrogen-bond acceptors (Lipinski definition) is 6. The number of nitrogens with zero attached hydrogens (tertiary/aromatic N) is 1. The van der Waals surface area contributed by atoms with Crippen molar-refractivity contribution in [2.45, 2.75) is 11.8 Å². The van der Waals surface area contributed by atoms with Gasteiger partial charge in [0.25, 0.3) is 5.91 Å². The van der Waals surface area contributed by atoms with E-state index in [-0.39, 0.29) is 22.3 Å². The molecule has 0 spiro atoms. The van der Waals surface area contributed by atoms with E-state index in [1.807, 2.05) is 6.07 Å². The van der Waals surface area contributed by atoms with Gasteiger partial charge in [-0.3, -0.25) is 4.79 Å². The molecule has 0 radical (unpaired) electrons. The van der Waals surface area contributed by atoms with Crippen LogP contribution in [0.4, 0.5) is 0 Å². The van der Waals surface area contributed by atoms with Crippen molar-refractivity contribution >= 4 is 22.2 Å². The van der Waals surface area contributed by atoms with E-state index < -0.39 is 10.1 Å². The standard InChI is InChI=1S/C22H20N2O5S/c1-2-28-21-15-17(16-23-24-22(25)18-9-5-3-6-10-18)13-14-20(21)29-30(26,27)19-11-7-4-8-12-19/h3-16H,2H2,1H3,(H,24,25). The predicted octanol–water partition coefficient (Wildman–Crippen LogP) is 3.62. The number of nitrogens with one attached hydrogen (secondary N) is 1. The second-order valence-electron chi connectivity index (χ2n) is 6.05. The molecule has 3 aromatic rings. The number of hydrogen-bond donors (Lipinski definition) is 1. The van der Waals surface area contributed by atoms with E-state index in [1.54, 1.807) is 61.5 Å². The van der Waals surface area contributed by atoms with Gasteiger partial charge in [0.2, 0.25) is 0 Å². The van der Waals surface area contributed by atoms with E-state index in [4.69, 9.17) is 8.92 Å². The third-order valence-electron chi connectivity index (χ3n) is 3.91. The van der Waals surface area contributed by atoms with Crippen molar-refractivity contribution in [2.75, 3.05) is 6.61 Å². The van der Waals surface area contributed by atoms with Gasteiger partial charge in [-0.25, -0.2) is 5.43 Å². The predicted molar refractivity (Wildman–Crippen MR) is 113 cm³/mol.